The summed E-state index contributed by atoms with van der Waals surface area (Å²) in [6, 6.07) is 13.0. The van der Waals surface area contributed by atoms with Crippen LogP contribution in [-0.4, -0.2) is 49.4 Å². The molecule has 4 rings (SSSR count). The molecular formula is C21H21N3O4. The summed E-state index contributed by atoms with van der Waals surface area (Å²) in [7, 11) is 6.60. The Balaban J connectivity index is 1.84. The molecule has 2 heterocycles. The number of nitrogens with one attached hydrogen (secondary N) is 1. The highest BCUT2D eigenvalue weighted by Gasteiger charge is 2.40. The van der Waals surface area contributed by atoms with Gasteiger partial charge in [-0.2, -0.15) is 5.10 Å². The van der Waals surface area contributed by atoms with Crippen LogP contribution in [-0.2, 0) is 0 Å². The monoisotopic (exact) mass is 379 g/mol. The summed E-state index contributed by atoms with van der Waals surface area (Å²) < 4.78 is 16.0. The van der Waals surface area contributed by atoms with Gasteiger partial charge in [-0.05, 0) is 42.0 Å². The number of carbonyl (C=O) groups is 1. The lowest BCUT2D eigenvalue weighted by Crippen LogP contribution is -2.24. The lowest BCUT2D eigenvalue weighted by molar-refractivity contribution is 0.0787. The normalized spacial score (nSPS) is 15.5. The molecule has 0 fully saturated rings. The van der Waals surface area contributed by atoms with E-state index in [1.54, 1.807) is 33.3 Å². The maximum atomic E-state index is 12.8. The molecule has 1 aromatic heterocycles. The highest BCUT2D eigenvalue weighted by atomic mass is 16.5. The van der Waals surface area contributed by atoms with Crippen LogP contribution in [0.4, 0.5) is 0 Å². The molecule has 144 valence electrons. The Morgan fingerprint density at radius 3 is 2.32 bits per heavy atom. The van der Waals surface area contributed by atoms with Crippen molar-refractivity contribution in [3.63, 3.8) is 0 Å². The maximum Gasteiger partial charge on any atom is 0.272 e. The van der Waals surface area contributed by atoms with Gasteiger partial charge in [-0.1, -0.05) is 6.07 Å². The van der Waals surface area contributed by atoms with Crippen molar-refractivity contribution in [3.05, 3.63) is 59.3 Å². The number of H-pyrrole nitrogens is 1. The summed E-state index contributed by atoms with van der Waals surface area (Å²) in [6.07, 6.45) is 0. The first-order valence-electron chi connectivity index (χ1n) is 8.80. The van der Waals surface area contributed by atoms with Crippen LogP contribution in [0.2, 0.25) is 0 Å². The summed E-state index contributed by atoms with van der Waals surface area (Å²) >= 11 is 0. The third-order valence-electron chi connectivity index (χ3n) is 5.09. The number of aromatic amines is 1. The fourth-order valence-corrected chi connectivity index (χ4v) is 3.65. The third kappa shape index (κ3) is 2.67. The number of fused-ring (bicyclic) bond motifs is 1. The minimum absolute atomic E-state index is 0.0953. The first-order valence-corrected chi connectivity index (χ1v) is 8.80. The second kappa shape index (κ2) is 6.92. The van der Waals surface area contributed by atoms with E-state index in [0.29, 0.717) is 17.2 Å². The van der Waals surface area contributed by atoms with Crippen molar-refractivity contribution in [1.29, 1.82) is 0 Å². The Kier molecular flexibility index (Phi) is 4.43. The van der Waals surface area contributed by atoms with E-state index in [1.165, 1.54) is 0 Å². The molecule has 0 radical (unpaired) electrons. The molecule has 28 heavy (non-hydrogen) atoms. The standard InChI is InChI=1S/C21H21N3O4/c1-24-20(13-7-10-15(27-3)16(11-13)28-4)17-18(22-23-19(17)21(24)25)12-5-8-14(26-2)9-6-12/h5-11,20H,1-4H3,(H,22,23)/t20-/m1/s1. The zero-order valence-electron chi connectivity index (χ0n) is 16.1. The summed E-state index contributed by atoms with van der Waals surface area (Å²) in [4.78, 5) is 14.5. The van der Waals surface area contributed by atoms with Crippen LogP contribution in [0.15, 0.2) is 42.5 Å². The van der Waals surface area contributed by atoms with E-state index in [9.17, 15) is 4.79 Å². The van der Waals surface area contributed by atoms with Gasteiger partial charge in [0.15, 0.2) is 11.5 Å². The predicted octanol–water partition coefficient (Wildman–Crippen LogP) is 3.28. The Hall–Kier alpha value is -3.48. The van der Waals surface area contributed by atoms with Crippen LogP contribution < -0.4 is 14.2 Å². The van der Waals surface area contributed by atoms with E-state index >= 15 is 0 Å². The molecule has 1 amide bonds. The second-order valence-electron chi connectivity index (χ2n) is 6.52. The van der Waals surface area contributed by atoms with E-state index in [1.807, 2.05) is 42.5 Å². The van der Waals surface area contributed by atoms with Gasteiger partial charge in [0.05, 0.1) is 33.1 Å². The zero-order chi connectivity index (χ0) is 19.8. The highest BCUT2D eigenvalue weighted by Crippen LogP contribution is 2.43. The molecule has 7 heteroatoms. The van der Waals surface area contributed by atoms with E-state index in [2.05, 4.69) is 10.2 Å². The fourth-order valence-electron chi connectivity index (χ4n) is 3.65. The van der Waals surface area contributed by atoms with E-state index in [4.69, 9.17) is 14.2 Å². The molecule has 2 aromatic carbocycles. The van der Waals surface area contributed by atoms with Crippen LogP contribution in [0.3, 0.4) is 0 Å². The van der Waals surface area contributed by atoms with E-state index < -0.39 is 0 Å². The number of carbonyl (C=O) groups excluding carboxylic acids is 1. The van der Waals surface area contributed by atoms with Gasteiger partial charge < -0.3 is 19.1 Å². The Bertz CT molecular complexity index is 1030. The fraction of sp³-hybridized carbons (Fsp3) is 0.238. The van der Waals surface area contributed by atoms with Crippen molar-refractivity contribution in [3.8, 4) is 28.5 Å². The van der Waals surface area contributed by atoms with Crippen molar-refractivity contribution in [2.24, 2.45) is 0 Å². The van der Waals surface area contributed by atoms with Gasteiger partial charge in [-0.25, -0.2) is 0 Å². The average molecular weight is 379 g/mol. The molecule has 7 nitrogen and oxygen atoms in total. The van der Waals surface area contributed by atoms with Crippen LogP contribution in [0.1, 0.15) is 27.7 Å². The second-order valence-corrected chi connectivity index (χ2v) is 6.52. The lowest BCUT2D eigenvalue weighted by atomic mass is 9.96. The number of rotatable bonds is 5. The summed E-state index contributed by atoms with van der Waals surface area (Å²) in [6.45, 7) is 0. The van der Waals surface area contributed by atoms with Gasteiger partial charge in [-0.15, -0.1) is 0 Å². The van der Waals surface area contributed by atoms with Gasteiger partial charge in [0.1, 0.15) is 11.4 Å². The lowest BCUT2D eigenvalue weighted by Gasteiger charge is -2.23. The molecule has 3 aromatic rings. The molecule has 0 aliphatic carbocycles. The Morgan fingerprint density at radius 1 is 0.964 bits per heavy atom. The maximum absolute atomic E-state index is 12.8. The topological polar surface area (TPSA) is 76.7 Å². The summed E-state index contributed by atoms with van der Waals surface area (Å²) in [5.74, 6) is 1.92. The van der Waals surface area contributed by atoms with Gasteiger partial charge >= 0.3 is 0 Å². The predicted molar refractivity (Wildman–Crippen MR) is 104 cm³/mol. The van der Waals surface area contributed by atoms with E-state index in [-0.39, 0.29) is 11.9 Å². The Morgan fingerprint density at radius 2 is 1.68 bits per heavy atom. The van der Waals surface area contributed by atoms with E-state index in [0.717, 1.165) is 28.1 Å². The molecule has 0 saturated carbocycles. The van der Waals surface area contributed by atoms with Gasteiger partial charge in [0.2, 0.25) is 0 Å². The van der Waals surface area contributed by atoms with Crippen LogP contribution in [0.25, 0.3) is 11.3 Å². The minimum Gasteiger partial charge on any atom is -0.497 e. The molecule has 0 spiro atoms. The Labute approximate surface area is 162 Å². The molecular weight excluding hydrogens is 358 g/mol. The minimum atomic E-state index is -0.279. The van der Waals surface area contributed by atoms with Crippen molar-refractivity contribution in [2.75, 3.05) is 28.4 Å². The van der Waals surface area contributed by atoms with Crippen LogP contribution in [0.5, 0.6) is 17.2 Å². The number of methoxy groups -OCH3 is 3. The number of nitrogens with zero attached hydrogens (tertiary/aromatic N) is 2. The first kappa shape index (κ1) is 17.9. The third-order valence-corrected chi connectivity index (χ3v) is 5.09. The number of amides is 1. The summed E-state index contributed by atoms with van der Waals surface area (Å²) in [5.41, 5.74) is 3.93. The molecule has 1 aliphatic rings. The molecule has 0 saturated heterocycles. The number of hydrogen-bond acceptors (Lipinski definition) is 5. The number of hydrogen-bond donors (Lipinski definition) is 1. The average Bonchev–Trinajstić information content (AvgIpc) is 3.27. The quantitative estimate of drug-likeness (QED) is 0.736. The summed E-state index contributed by atoms with van der Waals surface area (Å²) in [5, 5.41) is 7.35. The molecule has 0 bridgehead atoms. The van der Waals surface area contributed by atoms with Crippen LogP contribution in [0, 0.1) is 0 Å². The van der Waals surface area contributed by atoms with Crippen molar-refractivity contribution in [2.45, 2.75) is 6.04 Å². The van der Waals surface area contributed by atoms with Gasteiger partial charge in [-0.3, -0.25) is 9.89 Å². The zero-order valence-corrected chi connectivity index (χ0v) is 16.1. The highest BCUT2D eigenvalue weighted by molar-refractivity contribution is 6.00. The van der Waals surface area contributed by atoms with Crippen molar-refractivity contribution >= 4 is 5.91 Å². The molecule has 1 aliphatic heterocycles. The number of benzene rings is 2. The van der Waals surface area contributed by atoms with Gasteiger partial charge in [0, 0.05) is 18.2 Å². The van der Waals surface area contributed by atoms with Gasteiger partial charge in [0.25, 0.3) is 5.91 Å². The SMILES string of the molecule is COc1ccc(-c2n[nH]c3c2[C@@H](c2ccc(OC)c(OC)c2)N(C)C3=O)cc1. The largest absolute Gasteiger partial charge is 0.497 e. The number of ether oxygens (including phenoxy) is 3. The molecule has 1 atom stereocenters. The molecule has 0 unspecified atom stereocenters. The van der Waals surface area contributed by atoms with Crippen molar-refractivity contribution < 1.29 is 19.0 Å². The molecule has 1 N–H and O–H groups in total. The smallest absolute Gasteiger partial charge is 0.272 e. The van der Waals surface area contributed by atoms with Crippen LogP contribution >= 0.6 is 0 Å². The first-order chi connectivity index (χ1) is 13.6. The number of aromatic nitrogens is 2. The van der Waals surface area contributed by atoms with Crippen molar-refractivity contribution in [1.82, 2.24) is 15.1 Å².